The van der Waals surface area contributed by atoms with Crippen LogP contribution in [0.25, 0.3) is 0 Å². The molecule has 0 saturated carbocycles. The van der Waals surface area contributed by atoms with E-state index in [0.717, 1.165) is 43.5 Å². The van der Waals surface area contributed by atoms with E-state index in [4.69, 9.17) is 0 Å². The van der Waals surface area contributed by atoms with E-state index in [-0.39, 0.29) is 6.10 Å². The number of aliphatic hydroxyl groups is 1. The van der Waals surface area contributed by atoms with Gasteiger partial charge in [0.1, 0.15) is 0 Å². The van der Waals surface area contributed by atoms with Gasteiger partial charge in [-0.05, 0) is 43.4 Å². The van der Waals surface area contributed by atoms with Crippen LogP contribution in [0.15, 0.2) is 30.6 Å². The Morgan fingerprint density at radius 2 is 2.32 bits per heavy atom. The summed E-state index contributed by atoms with van der Waals surface area (Å²) in [7, 11) is 0. The highest BCUT2D eigenvalue weighted by atomic mass is 16.3. The summed E-state index contributed by atoms with van der Waals surface area (Å²) in [5, 5.41) is 10.0. The van der Waals surface area contributed by atoms with Crippen molar-refractivity contribution >= 4 is 0 Å². The van der Waals surface area contributed by atoms with Gasteiger partial charge in [-0.15, -0.1) is 0 Å². The van der Waals surface area contributed by atoms with Crippen LogP contribution in [-0.4, -0.2) is 14.7 Å². The Balaban J connectivity index is 1.92. The standard InChI is InChI=1S/C16H20N2O/c1-2-12-5-4-9-17-14(12)11-18-10-8-13-15(18)6-3-7-16(13)19/h4-5,8-10,16,19H,2-3,6-7,11H2,1H3. The van der Waals surface area contributed by atoms with Crippen molar-refractivity contribution in [1.29, 1.82) is 0 Å². The molecule has 1 aliphatic carbocycles. The molecule has 0 amide bonds. The number of aliphatic hydroxyl groups excluding tert-OH is 1. The number of hydrogen-bond donors (Lipinski definition) is 1. The molecule has 0 spiro atoms. The number of nitrogens with zero attached hydrogens (tertiary/aromatic N) is 2. The third-order valence-electron chi connectivity index (χ3n) is 4.05. The van der Waals surface area contributed by atoms with Gasteiger partial charge in [-0.25, -0.2) is 0 Å². The summed E-state index contributed by atoms with van der Waals surface area (Å²) in [5.41, 5.74) is 4.84. The lowest BCUT2D eigenvalue weighted by molar-refractivity contribution is 0.155. The molecule has 0 aromatic carbocycles. The van der Waals surface area contributed by atoms with E-state index in [1.54, 1.807) is 0 Å². The highest BCUT2D eigenvalue weighted by molar-refractivity contribution is 5.29. The van der Waals surface area contributed by atoms with E-state index in [2.05, 4.69) is 34.8 Å². The first kappa shape index (κ1) is 12.4. The fraction of sp³-hybridized carbons (Fsp3) is 0.438. The molecular weight excluding hydrogens is 236 g/mol. The molecule has 0 radical (unpaired) electrons. The summed E-state index contributed by atoms with van der Waals surface area (Å²) in [6, 6.07) is 6.21. The van der Waals surface area contributed by atoms with Crippen molar-refractivity contribution in [2.45, 2.75) is 45.3 Å². The first-order valence-electron chi connectivity index (χ1n) is 7.08. The van der Waals surface area contributed by atoms with Crippen molar-refractivity contribution in [2.24, 2.45) is 0 Å². The molecule has 1 N–H and O–H groups in total. The van der Waals surface area contributed by atoms with Gasteiger partial charge >= 0.3 is 0 Å². The summed E-state index contributed by atoms with van der Waals surface area (Å²) < 4.78 is 2.25. The topological polar surface area (TPSA) is 38.0 Å². The number of hydrogen-bond acceptors (Lipinski definition) is 2. The molecule has 2 heterocycles. The van der Waals surface area contributed by atoms with Crippen molar-refractivity contribution in [1.82, 2.24) is 9.55 Å². The molecule has 100 valence electrons. The maximum absolute atomic E-state index is 10.0. The molecule has 2 aromatic heterocycles. The molecule has 1 aliphatic rings. The molecule has 0 fully saturated rings. The summed E-state index contributed by atoms with van der Waals surface area (Å²) >= 11 is 0. The number of pyridine rings is 1. The second kappa shape index (κ2) is 5.17. The molecule has 3 heteroatoms. The maximum atomic E-state index is 10.0. The molecule has 2 aromatic rings. The SMILES string of the molecule is CCc1cccnc1Cn1ccc2c1CCCC2O. The number of fused-ring (bicyclic) bond motifs is 1. The number of aryl methyl sites for hydroxylation is 1. The van der Waals surface area contributed by atoms with Crippen LogP contribution in [0.5, 0.6) is 0 Å². The second-order valence-electron chi connectivity index (χ2n) is 5.22. The van der Waals surface area contributed by atoms with Gasteiger partial charge in [-0.3, -0.25) is 4.98 Å². The summed E-state index contributed by atoms with van der Waals surface area (Å²) in [6.45, 7) is 2.97. The van der Waals surface area contributed by atoms with Crippen LogP contribution in [-0.2, 0) is 19.4 Å². The van der Waals surface area contributed by atoms with E-state index in [1.165, 1.54) is 11.3 Å². The third-order valence-corrected chi connectivity index (χ3v) is 4.05. The monoisotopic (exact) mass is 256 g/mol. The van der Waals surface area contributed by atoms with E-state index in [1.807, 2.05) is 12.3 Å². The largest absolute Gasteiger partial charge is 0.388 e. The van der Waals surface area contributed by atoms with Gasteiger partial charge in [0.25, 0.3) is 0 Å². The molecule has 3 rings (SSSR count). The van der Waals surface area contributed by atoms with Crippen molar-refractivity contribution in [3.63, 3.8) is 0 Å². The molecule has 3 nitrogen and oxygen atoms in total. The fourth-order valence-corrected chi connectivity index (χ4v) is 2.98. The predicted molar refractivity (Wildman–Crippen MR) is 75.0 cm³/mol. The van der Waals surface area contributed by atoms with Crippen LogP contribution in [0.4, 0.5) is 0 Å². The Labute approximate surface area is 113 Å². The molecular formula is C16H20N2O. The summed E-state index contributed by atoms with van der Waals surface area (Å²) in [5.74, 6) is 0. The van der Waals surface area contributed by atoms with Crippen LogP contribution in [0.3, 0.4) is 0 Å². The van der Waals surface area contributed by atoms with Crippen molar-refractivity contribution in [2.75, 3.05) is 0 Å². The zero-order valence-corrected chi connectivity index (χ0v) is 11.3. The van der Waals surface area contributed by atoms with Crippen LogP contribution >= 0.6 is 0 Å². The molecule has 1 atom stereocenters. The first-order chi connectivity index (χ1) is 9.29. The molecule has 19 heavy (non-hydrogen) atoms. The summed E-state index contributed by atoms with van der Waals surface area (Å²) in [4.78, 5) is 4.51. The van der Waals surface area contributed by atoms with Crippen molar-refractivity contribution < 1.29 is 5.11 Å². The van der Waals surface area contributed by atoms with Crippen LogP contribution in [0.2, 0.25) is 0 Å². The normalized spacial score (nSPS) is 18.3. The lowest BCUT2D eigenvalue weighted by atomic mass is 9.95. The zero-order chi connectivity index (χ0) is 13.2. The van der Waals surface area contributed by atoms with Gasteiger partial charge in [0.05, 0.1) is 18.3 Å². The quantitative estimate of drug-likeness (QED) is 0.917. The van der Waals surface area contributed by atoms with Gasteiger partial charge in [0.2, 0.25) is 0 Å². The first-order valence-corrected chi connectivity index (χ1v) is 7.08. The van der Waals surface area contributed by atoms with Gasteiger partial charge < -0.3 is 9.67 Å². The number of aromatic nitrogens is 2. The molecule has 1 unspecified atom stereocenters. The van der Waals surface area contributed by atoms with Gasteiger partial charge in [-0.1, -0.05) is 13.0 Å². The molecule has 0 saturated heterocycles. The minimum absolute atomic E-state index is 0.278. The second-order valence-corrected chi connectivity index (χ2v) is 5.22. The highest BCUT2D eigenvalue weighted by Crippen LogP contribution is 2.30. The fourth-order valence-electron chi connectivity index (χ4n) is 2.98. The van der Waals surface area contributed by atoms with Crippen molar-refractivity contribution in [3.8, 4) is 0 Å². The van der Waals surface area contributed by atoms with Gasteiger partial charge in [0.15, 0.2) is 0 Å². The minimum Gasteiger partial charge on any atom is -0.388 e. The average Bonchev–Trinajstić information content (AvgIpc) is 2.84. The Morgan fingerprint density at radius 3 is 3.16 bits per heavy atom. The van der Waals surface area contributed by atoms with Crippen LogP contribution in [0, 0.1) is 0 Å². The molecule has 0 aliphatic heterocycles. The van der Waals surface area contributed by atoms with Gasteiger partial charge in [0, 0.05) is 23.7 Å². The van der Waals surface area contributed by atoms with Crippen LogP contribution < -0.4 is 0 Å². The van der Waals surface area contributed by atoms with Crippen molar-refractivity contribution in [3.05, 3.63) is 53.1 Å². The third kappa shape index (κ3) is 2.30. The Morgan fingerprint density at radius 1 is 1.42 bits per heavy atom. The lowest BCUT2D eigenvalue weighted by Crippen LogP contribution is -2.13. The average molecular weight is 256 g/mol. The van der Waals surface area contributed by atoms with Gasteiger partial charge in [-0.2, -0.15) is 0 Å². The highest BCUT2D eigenvalue weighted by Gasteiger charge is 2.21. The van der Waals surface area contributed by atoms with Crippen LogP contribution in [0.1, 0.15) is 48.4 Å². The van der Waals surface area contributed by atoms with E-state index < -0.39 is 0 Å². The summed E-state index contributed by atoms with van der Waals surface area (Å²) in [6.07, 6.45) is 7.71. The smallest absolute Gasteiger partial charge is 0.0807 e. The maximum Gasteiger partial charge on any atom is 0.0807 e. The Hall–Kier alpha value is -1.61. The number of rotatable bonds is 3. The van der Waals surface area contributed by atoms with E-state index in [0.29, 0.717) is 0 Å². The Bertz CT molecular complexity index is 574. The van der Waals surface area contributed by atoms with E-state index >= 15 is 0 Å². The Kier molecular flexibility index (Phi) is 3.38. The minimum atomic E-state index is -0.278. The van der Waals surface area contributed by atoms with E-state index in [9.17, 15) is 5.11 Å². The zero-order valence-electron chi connectivity index (χ0n) is 11.3. The molecule has 0 bridgehead atoms. The lowest BCUT2D eigenvalue weighted by Gasteiger charge is -2.20. The predicted octanol–water partition coefficient (Wildman–Crippen LogP) is 2.86.